The minimum absolute atomic E-state index is 0.0140. The van der Waals surface area contributed by atoms with E-state index in [1.807, 2.05) is 43.3 Å². The van der Waals surface area contributed by atoms with Gasteiger partial charge in [-0.25, -0.2) is 8.42 Å². The van der Waals surface area contributed by atoms with E-state index >= 15 is 0 Å². The lowest BCUT2D eigenvalue weighted by Gasteiger charge is -2.35. The van der Waals surface area contributed by atoms with Crippen molar-refractivity contribution in [1.82, 2.24) is 10.2 Å². The molecule has 0 bridgehead atoms. The van der Waals surface area contributed by atoms with Gasteiger partial charge in [0, 0.05) is 29.1 Å². The second-order valence-corrected chi connectivity index (χ2v) is 15.1. The normalized spacial score (nSPS) is 14.2. The third-order valence-electron chi connectivity index (χ3n) is 8.86. The van der Waals surface area contributed by atoms with Gasteiger partial charge in [0.2, 0.25) is 11.8 Å². The number of nitrogens with zero attached hydrogens (tertiary/aromatic N) is 2. The van der Waals surface area contributed by atoms with E-state index in [0.717, 1.165) is 47.5 Å². The van der Waals surface area contributed by atoms with E-state index in [9.17, 15) is 18.0 Å². The lowest BCUT2D eigenvalue weighted by atomic mass is 9.94. The van der Waals surface area contributed by atoms with Gasteiger partial charge >= 0.3 is 0 Å². The first-order valence-electron chi connectivity index (χ1n) is 16.3. The Balaban J connectivity index is 1.59. The summed E-state index contributed by atoms with van der Waals surface area (Å²) >= 11 is 12.8. The third-order valence-corrected chi connectivity index (χ3v) is 11.3. The van der Waals surface area contributed by atoms with Gasteiger partial charge in [0.15, 0.2) is 0 Å². The summed E-state index contributed by atoms with van der Waals surface area (Å²) in [6.07, 6.45) is 5.19. The van der Waals surface area contributed by atoms with Gasteiger partial charge in [-0.3, -0.25) is 13.9 Å². The number of carbonyl (C=O) groups is 2. The summed E-state index contributed by atoms with van der Waals surface area (Å²) in [4.78, 5) is 30.5. The molecule has 0 radical (unpaired) electrons. The van der Waals surface area contributed by atoms with Crippen LogP contribution >= 0.6 is 23.2 Å². The van der Waals surface area contributed by atoms with Gasteiger partial charge in [-0.2, -0.15) is 0 Å². The van der Waals surface area contributed by atoms with Crippen LogP contribution in [0.3, 0.4) is 0 Å². The summed E-state index contributed by atoms with van der Waals surface area (Å²) in [5.41, 5.74) is 3.28. The maximum absolute atomic E-state index is 14.7. The molecule has 1 saturated carbocycles. The second-order valence-electron chi connectivity index (χ2n) is 12.4. The van der Waals surface area contributed by atoms with Crippen molar-refractivity contribution in [2.75, 3.05) is 10.8 Å². The van der Waals surface area contributed by atoms with Crippen LogP contribution in [-0.2, 0) is 32.6 Å². The monoisotopic (exact) mass is 705 g/mol. The minimum Gasteiger partial charge on any atom is -0.352 e. The molecule has 4 aromatic carbocycles. The van der Waals surface area contributed by atoms with Gasteiger partial charge < -0.3 is 10.2 Å². The maximum atomic E-state index is 14.7. The van der Waals surface area contributed by atoms with Gasteiger partial charge in [-0.05, 0) is 79.8 Å². The Hall–Kier alpha value is -3.85. The van der Waals surface area contributed by atoms with Crippen LogP contribution in [0.25, 0.3) is 0 Å². The Morgan fingerprint density at radius 1 is 0.833 bits per heavy atom. The molecule has 2 amide bonds. The third kappa shape index (κ3) is 8.78. The number of halogens is 2. The molecule has 0 aromatic heterocycles. The minimum atomic E-state index is -4.24. The average Bonchev–Trinajstić information content (AvgIpc) is 3.07. The molecule has 0 saturated heterocycles. The standard InChI is InChI=1S/C38H41Cl2N3O4S/c1-27-19-21-33(22-20-27)48(46,47)43(35-18-10-17-34(40)28(35)2)26-37(44)42(25-30-13-9-14-31(39)23-30)36(24-29-11-5-3-6-12-29)38(45)41-32-15-7-4-8-16-32/h3,5-6,9-14,17-23,32,36H,4,7-8,15-16,24-26H2,1-2H3,(H,41,45)/t36-/m1/s1. The lowest BCUT2D eigenvalue weighted by Crippen LogP contribution is -2.55. The maximum Gasteiger partial charge on any atom is 0.264 e. The number of amides is 2. The quantitative estimate of drug-likeness (QED) is 0.162. The van der Waals surface area contributed by atoms with E-state index in [2.05, 4.69) is 5.32 Å². The highest BCUT2D eigenvalue weighted by atomic mass is 35.5. The highest BCUT2D eigenvalue weighted by Crippen LogP contribution is 2.32. The van der Waals surface area contributed by atoms with Crippen molar-refractivity contribution in [2.45, 2.75) is 75.9 Å². The molecule has 1 fully saturated rings. The van der Waals surface area contributed by atoms with Crippen molar-refractivity contribution in [2.24, 2.45) is 0 Å². The van der Waals surface area contributed by atoms with Crippen molar-refractivity contribution >= 4 is 50.7 Å². The van der Waals surface area contributed by atoms with Crippen LogP contribution in [0, 0.1) is 13.8 Å². The Labute approximate surface area is 293 Å². The average molecular weight is 707 g/mol. The largest absolute Gasteiger partial charge is 0.352 e. The number of benzene rings is 4. The number of carbonyl (C=O) groups excluding carboxylic acids is 2. The first-order valence-corrected chi connectivity index (χ1v) is 18.5. The zero-order valence-corrected chi connectivity index (χ0v) is 29.6. The molecule has 7 nitrogen and oxygen atoms in total. The fourth-order valence-corrected chi connectivity index (χ4v) is 8.00. The van der Waals surface area contributed by atoms with E-state index in [1.54, 1.807) is 55.5 Å². The van der Waals surface area contributed by atoms with Gasteiger partial charge in [0.05, 0.1) is 10.6 Å². The summed E-state index contributed by atoms with van der Waals surface area (Å²) in [7, 11) is -4.24. The van der Waals surface area contributed by atoms with Gasteiger partial charge in [-0.15, -0.1) is 0 Å². The number of aryl methyl sites for hydroxylation is 1. The van der Waals surface area contributed by atoms with E-state index in [0.29, 0.717) is 21.2 Å². The van der Waals surface area contributed by atoms with Crippen LogP contribution in [0.4, 0.5) is 5.69 Å². The first kappa shape index (κ1) is 35.5. The van der Waals surface area contributed by atoms with Crippen molar-refractivity contribution in [3.63, 3.8) is 0 Å². The highest BCUT2D eigenvalue weighted by molar-refractivity contribution is 7.92. The van der Waals surface area contributed by atoms with Crippen LogP contribution in [0.15, 0.2) is 102 Å². The number of sulfonamides is 1. The Bertz CT molecular complexity index is 1830. The number of nitrogens with one attached hydrogen (secondary N) is 1. The van der Waals surface area contributed by atoms with Crippen LogP contribution < -0.4 is 9.62 Å². The topological polar surface area (TPSA) is 86.8 Å². The SMILES string of the molecule is Cc1ccc(S(=O)(=O)N(CC(=O)N(Cc2cccc(Cl)c2)[C@H](Cc2ccccc2)C(=O)NC2CCCCC2)c2cccc(Cl)c2C)cc1. The zero-order valence-electron chi connectivity index (χ0n) is 27.2. The molecular formula is C38H41Cl2N3O4S. The predicted molar refractivity (Wildman–Crippen MR) is 193 cm³/mol. The molecule has 4 aromatic rings. The molecule has 1 N–H and O–H groups in total. The smallest absolute Gasteiger partial charge is 0.264 e. The zero-order chi connectivity index (χ0) is 34.3. The molecule has 1 aliphatic carbocycles. The Kier molecular flexibility index (Phi) is 11.8. The number of rotatable bonds is 12. The molecule has 1 aliphatic rings. The van der Waals surface area contributed by atoms with Crippen molar-refractivity contribution in [3.05, 3.63) is 129 Å². The van der Waals surface area contributed by atoms with E-state index in [1.165, 1.54) is 17.0 Å². The van der Waals surface area contributed by atoms with Crippen molar-refractivity contribution in [1.29, 1.82) is 0 Å². The van der Waals surface area contributed by atoms with E-state index in [4.69, 9.17) is 23.2 Å². The van der Waals surface area contributed by atoms with Crippen LogP contribution in [-0.4, -0.2) is 43.8 Å². The predicted octanol–water partition coefficient (Wildman–Crippen LogP) is 7.89. The number of hydrogen-bond donors (Lipinski definition) is 1. The van der Waals surface area contributed by atoms with E-state index < -0.39 is 28.5 Å². The molecule has 0 aliphatic heterocycles. The second kappa shape index (κ2) is 16.0. The van der Waals surface area contributed by atoms with Crippen molar-refractivity contribution < 1.29 is 18.0 Å². The fraction of sp³-hybridized carbons (Fsp3) is 0.316. The van der Waals surface area contributed by atoms with Crippen LogP contribution in [0.2, 0.25) is 10.0 Å². The van der Waals surface area contributed by atoms with Gasteiger partial charge in [0.25, 0.3) is 10.0 Å². The van der Waals surface area contributed by atoms with E-state index in [-0.39, 0.29) is 35.5 Å². The Morgan fingerprint density at radius 3 is 2.19 bits per heavy atom. The first-order chi connectivity index (χ1) is 23.0. The number of anilines is 1. The van der Waals surface area contributed by atoms with Gasteiger partial charge in [0.1, 0.15) is 12.6 Å². The summed E-state index contributed by atoms with van der Waals surface area (Å²) in [5, 5.41) is 4.09. The molecule has 0 heterocycles. The lowest BCUT2D eigenvalue weighted by molar-refractivity contribution is -0.140. The Morgan fingerprint density at radius 2 is 1.50 bits per heavy atom. The summed E-state index contributed by atoms with van der Waals surface area (Å²) in [6.45, 7) is 3.08. The molecule has 10 heteroatoms. The van der Waals surface area contributed by atoms with Crippen LogP contribution in [0.1, 0.15) is 54.4 Å². The molecule has 48 heavy (non-hydrogen) atoms. The van der Waals surface area contributed by atoms with Crippen LogP contribution in [0.5, 0.6) is 0 Å². The van der Waals surface area contributed by atoms with Crippen molar-refractivity contribution in [3.8, 4) is 0 Å². The number of hydrogen-bond acceptors (Lipinski definition) is 4. The van der Waals surface area contributed by atoms with Gasteiger partial charge in [-0.1, -0.05) is 109 Å². The molecule has 0 unspecified atom stereocenters. The highest BCUT2D eigenvalue weighted by Gasteiger charge is 2.36. The summed E-state index contributed by atoms with van der Waals surface area (Å²) in [5.74, 6) is -0.808. The molecular weight excluding hydrogens is 665 g/mol. The molecule has 1 atom stereocenters. The summed E-state index contributed by atoms with van der Waals surface area (Å²) < 4.78 is 29.8. The molecule has 252 valence electrons. The fourth-order valence-electron chi connectivity index (χ4n) is 6.15. The summed E-state index contributed by atoms with van der Waals surface area (Å²) in [6, 6.07) is 27.2. The molecule has 5 rings (SSSR count). The molecule has 0 spiro atoms.